The highest BCUT2D eigenvalue weighted by Crippen LogP contribution is 2.18. The van der Waals surface area contributed by atoms with Crippen molar-refractivity contribution in [2.75, 3.05) is 13.1 Å². The van der Waals surface area contributed by atoms with Gasteiger partial charge in [0.05, 0.1) is 6.54 Å². The second-order valence-electron chi connectivity index (χ2n) is 5.94. The van der Waals surface area contributed by atoms with Gasteiger partial charge in [-0.15, -0.1) is 0 Å². The maximum Gasteiger partial charge on any atom is 0.410 e. The Balaban J connectivity index is 1.88. The molecule has 110 valence electrons. The predicted octanol–water partition coefficient (Wildman–Crippen LogP) is 2.17. The van der Waals surface area contributed by atoms with Crippen LogP contribution in [0, 0.1) is 6.92 Å². The number of ether oxygens (including phenoxy) is 2. The molecule has 0 spiro atoms. The molecule has 1 aromatic heterocycles. The molecule has 1 atom stereocenters. The van der Waals surface area contributed by atoms with Crippen LogP contribution in [0.3, 0.4) is 0 Å². The average Bonchev–Trinajstić information content (AvgIpc) is 2.75. The molecule has 1 fully saturated rings. The first kappa shape index (κ1) is 14.6. The highest BCUT2D eigenvalue weighted by molar-refractivity contribution is 5.68. The molecule has 1 aliphatic rings. The van der Waals surface area contributed by atoms with E-state index in [-0.39, 0.29) is 12.2 Å². The second kappa shape index (κ2) is 5.64. The van der Waals surface area contributed by atoms with E-state index in [1.807, 2.05) is 33.8 Å². The Morgan fingerprint density at radius 3 is 2.85 bits per heavy atom. The highest BCUT2D eigenvalue weighted by atomic mass is 16.6. The maximum atomic E-state index is 11.9. The van der Waals surface area contributed by atoms with Crippen LogP contribution in [0.4, 0.5) is 4.79 Å². The maximum absolute atomic E-state index is 11.9. The zero-order valence-corrected chi connectivity index (χ0v) is 12.4. The third kappa shape index (κ3) is 4.08. The van der Waals surface area contributed by atoms with Gasteiger partial charge in [-0.2, -0.15) is 0 Å². The number of aryl methyl sites for hydroxylation is 1. The second-order valence-corrected chi connectivity index (χ2v) is 5.94. The van der Waals surface area contributed by atoms with Crippen LogP contribution in [0.1, 0.15) is 32.9 Å². The van der Waals surface area contributed by atoms with Gasteiger partial charge in [0.15, 0.2) is 0 Å². The van der Waals surface area contributed by atoms with Gasteiger partial charge >= 0.3 is 12.1 Å². The minimum absolute atomic E-state index is 0.0793. The van der Waals surface area contributed by atoms with Crippen molar-refractivity contribution in [2.45, 2.75) is 45.8 Å². The van der Waals surface area contributed by atoms with Crippen LogP contribution in [0.15, 0.2) is 12.3 Å². The van der Waals surface area contributed by atoms with E-state index in [1.165, 1.54) is 0 Å². The molecule has 0 bridgehead atoms. The van der Waals surface area contributed by atoms with Crippen molar-refractivity contribution < 1.29 is 14.3 Å². The molecule has 0 unspecified atom stereocenters. The SMILES string of the molecule is Cc1ccnc(O[C@H]2CCN(C(=O)OC(C)(C)C)C2)n1. The number of hydrogen-bond acceptors (Lipinski definition) is 5. The standard InChI is InChI=1S/C14H21N3O3/c1-10-5-7-15-12(16-10)19-11-6-8-17(9-11)13(18)20-14(2,3)4/h5,7,11H,6,8-9H2,1-4H3/t11-/m0/s1. The van der Waals surface area contributed by atoms with Crippen molar-refractivity contribution >= 4 is 6.09 Å². The summed E-state index contributed by atoms with van der Waals surface area (Å²) in [5, 5.41) is 0. The number of rotatable bonds is 2. The summed E-state index contributed by atoms with van der Waals surface area (Å²) in [6.07, 6.45) is 2.05. The van der Waals surface area contributed by atoms with Crippen molar-refractivity contribution in [2.24, 2.45) is 0 Å². The monoisotopic (exact) mass is 279 g/mol. The van der Waals surface area contributed by atoms with Crippen molar-refractivity contribution in [1.82, 2.24) is 14.9 Å². The van der Waals surface area contributed by atoms with Gasteiger partial charge in [0.2, 0.25) is 0 Å². The van der Waals surface area contributed by atoms with E-state index in [0.29, 0.717) is 19.1 Å². The van der Waals surface area contributed by atoms with Gasteiger partial charge in [-0.25, -0.2) is 14.8 Å². The Morgan fingerprint density at radius 2 is 2.20 bits per heavy atom. The molecule has 6 nitrogen and oxygen atoms in total. The Labute approximate surface area is 119 Å². The molecule has 0 aliphatic carbocycles. The van der Waals surface area contributed by atoms with Gasteiger partial charge < -0.3 is 14.4 Å². The summed E-state index contributed by atoms with van der Waals surface area (Å²) in [5.41, 5.74) is 0.382. The molecular formula is C14H21N3O3. The normalized spacial score (nSPS) is 19.0. The third-order valence-electron chi connectivity index (χ3n) is 2.84. The van der Waals surface area contributed by atoms with Crippen LogP contribution >= 0.6 is 0 Å². The van der Waals surface area contributed by atoms with Crippen LogP contribution in [0.5, 0.6) is 6.01 Å². The number of hydrogen-bond donors (Lipinski definition) is 0. The highest BCUT2D eigenvalue weighted by Gasteiger charge is 2.31. The fraction of sp³-hybridized carbons (Fsp3) is 0.643. The smallest absolute Gasteiger partial charge is 0.410 e. The van der Waals surface area contributed by atoms with E-state index in [9.17, 15) is 4.79 Å². The van der Waals surface area contributed by atoms with Gasteiger partial charge in [-0.3, -0.25) is 0 Å². The fourth-order valence-corrected chi connectivity index (χ4v) is 1.95. The predicted molar refractivity (Wildman–Crippen MR) is 73.6 cm³/mol. The molecule has 20 heavy (non-hydrogen) atoms. The minimum atomic E-state index is -0.477. The number of carbonyl (C=O) groups excluding carboxylic acids is 1. The summed E-state index contributed by atoms with van der Waals surface area (Å²) in [5.74, 6) is 0. The lowest BCUT2D eigenvalue weighted by molar-refractivity contribution is 0.0274. The summed E-state index contributed by atoms with van der Waals surface area (Å²) < 4.78 is 11.0. The van der Waals surface area contributed by atoms with Gasteiger partial charge in [0.25, 0.3) is 0 Å². The van der Waals surface area contributed by atoms with E-state index < -0.39 is 5.60 Å². The summed E-state index contributed by atoms with van der Waals surface area (Å²) in [6, 6.07) is 2.18. The van der Waals surface area contributed by atoms with Crippen LogP contribution in [0.25, 0.3) is 0 Å². The topological polar surface area (TPSA) is 64.5 Å². The zero-order valence-electron chi connectivity index (χ0n) is 12.4. The molecule has 0 radical (unpaired) electrons. The lowest BCUT2D eigenvalue weighted by atomic mass is 10.2. The van der Waals surface area contributed by atoms with Crippen molar-refractivity contribution in [3.63, 3.8) is 0 Å². The van der Waals surface area contributed by atoms with Gasteiger partial charge in [-0.05, 0) is 33.8 Å². The Morgan fingerprint density at radius 1 is 1.45 bits per heavy atom. The molecule has 6 heteroatoms. The summed E-state index contributed by atoms with van der Waals surface area (Å²) >= 11 is 0. The number of likely N-dealkylation sites (tertiary alicyclic amines) is 1. The van der Waals surface area contributed by atoms with Crippen LogP contribution in [-0.2, 0) is 4.74 Å². The molecule has 0 N–H and O–H groups in total. The Kier molecular flexibility index (Phi) is 4.11. The fourth-order valence-electron chi connectivity index (χ4n) is 1.95. The molecule has 1 saturated heterocycles. The van der Waals surface area contributed by atoms with E-state index in [4.69, 9.17) is 9.47 Å². The first-order valence-corrected chi connectivity index (χ1v) is 6.78. The molecule has 1 amide bonds. The lowest BCUT2D eigenvalue weighted by Gasteiger charge is -2.24. The van der Waals surface area contributed by atoms with Gasteiger partial charge in [0.1, 0.15) is 11.7 Å². The summed E-state index contributed by atoms with van der Waals surface area (Å²) in [7, 11) is 0. The van der Waals surface area contributed by atoms with Gasteiger partial charge in [0, 0.05) is 24.9 Å². The Hall–Kier alpha value is -1.85. The summed E-state index contributed by atoms with van der Waals surface area (Å²) in [6.45, 7) is 8.59. The molecule has 2 heterocycles. The zero-order chi connectivity index (χ0) is 14.8. The van der Waals surface area contributed by atoms with Crippen LogP contribution in [0.2, 0.25) is 0 Å². The van der Waals surface area contributed by atoms with E-state index in [1.54, 1.807) is 11.1 Å². The van der Waals surface area contributed by atoms with Crippen molar-refractivity contribution in [3.8, 4) is 6.01 Å². The molecule has 0 aromatic carbocycles. The number of carbonyl (C=O) groups is 1. The first-order chi connectivity index (χ1) is 9.33. The van der Waals surface area contributed by atoms with Crippen LogP contribution in [-0.4, -0.2) is 45.8 Å². The molecule has 1 aromatic rings. The van der Waals surface area contributed by atoms with E-state index >= 15 is 0 Å². The van der Waals surface area contributed by atoms with E-state index in [0.717, 1.165) is 12.1 Å². The lowest BCUT2D eigenvalue weighted by Crippen LogP contribution is -2.36. The van der Waals surface area contributed by atoms with Gasteiger partial charge in [-0.1, -0.05) is 0 Å². The minimum Gasteiger partial charge on any atom is -0.458 e. The third-order valence-corrected chi connectivity index (χ3v) is 2.84. The largest absolute Gasteiger partial charge is 0.458 e. The first-order valence-electron chi connectivity index (χ1n) is 6.78. The number of amides is 1. The molecular weight excluding hydrogens is 258 g/mol. The quantitative estimate of drug-likeness (QED) is 0.830. The van der Waals surface area contributed by atoms with E-state index in [2.05, 4.69) is 9.97 Å². The number of aromatic nitrogens is 2. The number of nitrogens with zero attached hydrogens (tertiary/aromatic N) is 3. The van der Waals surface area contributed by atoms with Crippen LogP contribution < -0.4 is 4.74 Å². The molecule has 0 saturated carbocycles. The molecule has 2 rings (SSSR count). The van der Waals surface area contributed by atoms with Crippen molar-refractivity contribution in [3.05, 3.63) is 18.0 Å². The van der Waals surface area contributed by atoms with Crippen molar-refractivity contribution in [1.29, 1.82) is 0 Å². The Bertz CT molecular complexity index is 485. The average molecular weight is 279 g/mol. The summed E-state index contributed by atoms with van der Waals surface area (Å²) in [4.78, 5) is 21.9. The molecule has 1 aliphatic heterocycles.